The van der Waals surface area contributed by atoms with E-state index < -0.39 is 0 Å². The summed E-state index contributed by atoms with van der Waals surface area (Å²) >= 11 is 0. The summed E-state index contributed by atoms with van der Waals surface area (Å²) in [6, 6.07) is 18.4. The Morgan fingerprint density at radius 1 is 1.08 bits per heavy atom. The number of rotatable bonds is 5. The van der Waals surface area contributed by atoms with Gasteiger partial charge in [-0.1, -0.05) is 54.6 Å². The molecular weight excluding hydrogens is 306 g/mol. The fourth-order valence-electron chi connectivity index (χ4n) is 3.89. The van der Waals surface area contributed by atoms with E-state index in [4.69, 9.17) is 0 Å². The van der Waals surface area contributed by atoms with Gasteiger partial charge in [-0.05, 0) is 68.8 Å². The van der Waals surface area contributed by atoms with Crippen LogP contribution in [0.25, 0.3) is 0 Å². The number of hydrogen-bond donors (Lipinski definition) is 1. The number of phenolic OH excluding ortho intramolecular Hbond substituents is 1. The van der Waals surface area contributed by atoms with E-state index >= 15 is 0 Å². The summed E-state index contributed by atoms with van der Waals surface area (Å²) in [5, 5.41) is 9.74. The van der Waals surface area contributed by atoms with Gasteiger partial charge in [0.2, 0.25) is 0 Å². The molecule has 0 aliphatic carbocycles. The summed E-state index contributed by atoms with van der Waals surface area (Å²) < 4.78 is 0. The van der Waals surface area contributed by atoms with E-state index in [0.29, 0.717) is 11.7 Å². The molecule has 2 aromatic carbocycles. The summed E-state index contributed by atoms with van der Waals surface area (Å²) in [6.07, 6.45) is 7.87. The minimum Gasteiger partial charge on any atom is -0.508 e. The molecule has 1 saturated heterocycles. The number of phenols is 1. The third-order valence-corrected chi connectivity index (χ3v) is 5.38. The minimum atomic E-state index is 0.172. The Labute approximate surface area is 151 Å². The first kappa shape index (κ1) is 17.8. The molecule has 1 fully saturated rings. The van der Waals surface area contributed by atoms with Crippen LogP contribution in [-0.4, -0.2) is 28.6 Å². The zero-order valence-corrected chi connectivity index (χ0v) is 15.4. The van der Waals surface area contributed by atoms with Gasteiger partial charge in [0.25, 0.3) is 0 Å². The zero-order chi connectivity index (χ0) is 17.7. The molecule has 1 aliphatic rings. The molecule has 3 rings (SSSR count). The van der Waals surface area contributed by atoms with Crippen LogP contribution in [0.1, 0.15) is 43.7 Å². The van der Waals surface area contributed by atoms with Gasteiger partial charge in [-0.3, -0.25) is 4.90 Å². The van der Waals surface area contributed by atoms with E-state index in [2.05, 4.69) is 67.3 Å². The lowest BCUT2D eigenvalue weighted by Gasteiger charge is -2.45. The third kappa shape index (κ3) is 4.73. The van der Waals surface area contributed by atoms with Crippen LogP contribution in [0, 0.1) is 0 Å². The van der Waals surface area contributed by atoms with E-state index in [1.165, 1.54) is 11.1 Å². The van der Waals surface area contributed by atoms with Crippen molar-refractivity contribution in [3.05, 3.63) is 77.9 Å². The molecule has 0 spiro atoms. The maximum absolute atomic E-state index is 9.74. The Morgan fingerprint density at radius 2 is 1.88 bits per heavy atom. The summed E-state index contributed by atoms with van der Waals surface area (Å²) in [5.74, 6) is 0.910. The Morgan fingerprint density at radius 3 is 2.60 bits per heavy atom. The van der Waals surface area contributed by atoms with Gasteiger partial charge in [0.1, 0.15) is 5.75 Å². The molecule has 2 heteroatoms. The second-order valence-electron chi connectivity index (χ2n) is 7.70. The molecule has 1 heterocycles. The topological polar surface area (TPSA) is 23.5 Å². The van der Waals surface area contributed by atoms with Crippen molar-refractivity contribution in [3.63, 3.8) is 0 Å². The van der Waals surface area contributed by atoms with Crippen LogP contribution in [0.3, 0.4) is 0 Å². The van der Waals surface area contributed by atoms with Crippen molar-refractivity contribution in [3.8, 4) is 5.75 Å². The molecule has 0 saturated carbocycles. The van der Waals surface area contributed by atoms with E-state index in [-0.39, 0.29) is 5.54 Å². The number of aromatic hydroxyl groups is 1. The summed E-state index contributed by atoms with van der Waals surface area (Å²) in [7, 11) is 0. The molecule has 132 valence electrons. The zero-order valence-electron chi connectivity index (χ0n) is 15.4. The molecule has 1 N–H and O–H groups in total. The van der Waals surface area contributed by atoms with E-state index in [9.17, 15) is 5.11 Å². The minimum absolute atomic E-state index is 0.172. The number of allylic oxidation sites excluding steroid dienone is 1. The average Bonchev–Trinajstić information content (AvgIpc) is 2.60. The second-order valence-corrected chi connectivity index (χ2v) is 7.70. The molecule has 0 amide bonds. The predicted octanol–water partition coefficient (Wildman–Crippen LogP) is 5.15. The molecule has 2 nitrogen and oxygen atoms in total. The lowest BCUT2D eigenvalue weighted by molar-refractivity contribution is 0.0779. The van der Waals surface area contributed by atoms with Crippen LogP contribution in [0.4, 0.5) is 0 Å². The van der Waals surface area contributed by atoms with Crippen LogP contribution >= 0.6 is 0 Å². The highest BCUT2D eigenvalue weighted by molar-refractivity contribution is 5.30. The number of benzene rings is 2. The van der Waals surface area contributed by atoms with Crippen LogP contribution in [0.5, 0.6) is 5.75 Å². The predicted molar refractivity (Wildman–Crippen MR) is 105 cm³/mol. The van der Waals surface area contributed by atoms with Gasteiger partial charge in [0.05, 0.1) is 0 Å². The lowest BCUT2D eigenvalue weighted by atomic mass is 9.79. The molecule has 0 aromatic heterocycles. The van der Waals surface area contributed by atoms with Crippen LogP contribution < -0.4 is 0 Å². The number of nitrogens with zero attached hydrogens (tertiary/aromatic N) is 1. The first-order valence-electron chi connectivity index (χ1n) is 9.27. The van der Waals surface area contributed by atoms with Crippen molar-refractivity contribution in [2.24, 2.45) is 0 Å². The van der Waals surface area contributed by atoms with Gasteiger partial charge in [0, 0.05) is 12.1 Å². The Kier molecular flexibility index (Phi) is 5.60. The third-order valence-electron chi connectivity index (χ3n) is 5.38. The average molecular weight is 335 g/mol. The van der Waals surface area contributed by atoms with Crippen molar-refractivity contribution in [2.75, 3.05) is 13.1 Å². The van der Waals surface area contributed by atoms with Gasteiger partial charge in [-0.15, -0.1) is 0 Å². The van der Waals surface area contributed by atoms with Crippen LogP contribution in [0.15, 0.2) is 66.7 Å². The van der Waals surface area contributed by atoms with E-state index in [1.807, 2.05) is 12.1 Å². The SMILES string of the molecule is CC1(C)C[C@H](c2cccc(O)c2)CCN1CC=CCc1ccccc1. The number of piperidine rings is 1. The standard InChI is InChI=1S/C23H29NO/c1-23(2)18-21(20-12-8-13-22(25)17-20)14-16-24(23)15-7-6-11-19-9-4-3-5-10-19/h3-10,12-13,17,21,25H,11,14-16,18H2,1-2H3/t21-/m1/s1. The summed E-state index contributed by atoms with van der Waals surface area (Å²) in [5.41, 5.74) is 2.80. The van der Waals surface area contributed by atoms with E-state index in [1.54, 1.807) is 6.07 Å². The largest absolute Gasteiger partial charge is 0.508 e. The smallest absolute Gasteiger partial charge is 0.115 e. The van der Waals surface area contributed by atoms with E-state index in [0.717, 1.165) is 32.4 Å². The Bertz CT molecular complexity index is 705. The lowest BCUT2D eigenvalue weighted by Crippen LogP contribution is -2.49. The quantitative estimate of drug-likeness (QED) is 0.764. The molecule has 1 aliphatic heterocycles. The van der Waals surface area contributed by atoms with Crippen molar-refractivity contribution in [2.45, 2.75) is 44.6 Å². The summed E-state index contributed by atoms with van der Waals surface area (Å²) in [4.78, 5) is 2.58. The number of hydrogen-bond acceptors (Lipinski definition) is 2. The van der Waals surface area contributed by atoms with Gasteiger partial charge in [0.15, 0.2) is 0 Å². The fraction of sp³-hybridized carbons (Fsp3) is 0.391. The highest BCUT2D eigenvalue weighted by Crippen LogP contribution is 2.38. The van der Waals surface area contributed by atoms with Crippen molar-refractivity contribution >= 4 is 0 Å². The highest BCUT2D eigenvalue weighted by atomic mass is 16.3. The van der Waals surface area contributed by atoms with Crippen LogP contribution in [0.2, 0.25) is 0 Å². The van der Waals surface area contributed by atoms with Gasteiger partial charge in [-0.25, -0.2) is 0 Å². The van der Waals surface area contributed by atoms with Crippen molar-refractivity contribution in [1.29, 1.82) is 0 Å². The van der Waals surface area contributed by atoms with Gasteiger partial charge < -0.3 is 5.11 Å². The molecule has 0 radical (unpaired) electrons. The molecule has 25 heavy (non-hydrogen) atoms. The monoisotopic (exact) mass is 335 g/mol. The first-order chi connectivity index (χ1) is 12.0. The normalized spacial score (nSPS) is 20.8. The first-order valence-corrected chi connectivity index (χ1v) is 9.27. The second kappa shape index (κ2) is 7.88. The molecular formula is C23H29NO. The van der Waals surface area contributed by atoms with Gasteiger partial charge >= 0.3 is 0 Å². The Balaban J connectivity index is 1.56. The fourth-order valence-corrected chi connectivity index (χ4v) is 3.89. The summed E-state index contributed by atoms with van der Waals surface area (Å²) in [6.45, 7) is 6.79. The number of likely N-dealkylation sites (tertiary alicyclic amines) is 1. The molecule has 0 unspecified atom stereocenters. The van der Waals surface area contributed by atoms with Gasteiger partial charge in [-0.2, -0.15) is 0 Å². The van der Waals surface area contributed by atoms with Crippen molar-refractivity contribution < 1.29 is 5.11 Å². The van der Waals surface area contributed by atoms with Crippen molar-refractivity contribution in [1.82, 2.24) is 4.90 Å². The Hall–Kier alpha value is -2.06. The molecule has 0 bridgehead atoms. The molecule has 1 atom stereocenters. The molecule has 2 aromatic rings. The highest BCUT2D eigenvalue weighted by Gasteiger charge is 2.34. The maximum Gasteiger partial charge on any atom is 0.115 e. The van der Waals surface area contributed by atoms with Crippen LogP contribution in [-0.2, 0) is 6.42 Å². The maximum atomic E-state index is 9.74.